The number of morpholine rings is 1. The largest absolute Gasteiger partial charge is 0.495 e. The van der Waals surface area contributed by atoms with Crippen LogP contribution in [-0.4, -0.2) is 39.3 Å². The summed E-state index contributed by atoms with van der Waals surface area (Å²) in [6.07, 6.45) is 0. The molecular weight excluding hydrogens is 292 g/mol. The third kappa shape index (κ3) is 3.63. The van der Waals surface area contributed by atoms with Crippen LogP contribution < -0.4 is 15.0 Å². The maximum Gasteiger partial charge on any atom is 0.255 e. The average Bonchev–Trinajstić information content (AvgIpc) is 2.63. The lowest BCUT2D eigenvalue weighted by Gasteiger charge is -2.29. The monoisotopic (exact) mass is 312 g/mol. The maximum atomic E-state index is 12.4. The van der Waals surface area contributed by atoms with E-state index in [2.05, 4.69) is 10.2 Å². The second-order valence-electron chi connectivity index (χ2n) is 5.30. The molecule has 0 spiro atoms. The quantitative estimate of drug-likeness (QED) is 0.943. The van der Waals surface area contributed by atoms with Gasteiger partial charge in [-0.05, 0) is 30.3 Å². The van der Waals surface area contributed by atoms with E-state index in [1.54, 1.807) is 19.2 Å². The summed E-state index contributed by atoms with van der Waals surface area (Å²) in [5, 5.41) is 2.94. The van der Waals surface area contributed by atoms with Crippen molar-refractivity contribution in [3.8, 4) is 5.75 Å². The molecule has 0 unspecified atom stereocenters. The fourth-order valence-corrected chi connectivity index (χ4v) is 2.60. The summed E-state index contributed by atoms with van der Waals surface area (Å²) < 4.78 is 10.7. The zero-order valence-electron chi connectivity index (χ0n) is 13.1. The van der Waals surface area contributed by atoms with Gasteiger partial charge in [-0.3, -0.25) is 4.79 Å². The predicted octanol–water partition coefficient (Wildman–Crippen LogP) is 2.78. The molecule has 1 aliphatic heterocycles. The molecule has 1 fully saturated rings. The van der Waals surface area contributed by atoms with Crippen molar-refractivity contribution >= 4 is 17.3 Å². The number of ether oxygens (including phenoxy) is 2. The van der Waals surface area contributed by atoms with Crippen LogP contribution in [0.4, 0.5) is 11.4 Å². The Balaban J connectivity index is 1.83. The lowest BCUT2D eigenvalue weighted by atomic mass is 10.2. The number of nitrogens with zero attached hydrogens (tertiary/aromatic N) is 1. The summed E-state index contributed by atoms with van der Waals surface area (Å²) in [5.74, 6) is 0.495. The summed E-state index contributed by atoms with van der Waals surface area (Å²) in [5.41, 5.74) is 2.34. The molecule has 2 aromatic rings. The average molecular weight is 312 g/mol. The highest BCUT2D eigenvalue weighted by molar-refractivity contribution is 6.05. The molecule has 5 heteroatoms. The third-order valence-corrected chi connectivity index (χ3v) is 3.84. The van der Waals surface area contributed by atoms with Crippen LogP contribution in [0.3, 0.4) is 0 Å². The number of hydrogen-bond donors (Lipinski definition) is 1. The number of methoxy groups -OCH3 is 1. The number of nitrogens with one attached hydrogen (secondary N) is 1. The Bertz CT molecular complexity index is 667. The van der Waals surface area contributed by atoms with Crippen molar-refractivity contribution in [2.75, 3.05) is 43.6 Å². The Morgan fingerprint density at radius 3 is 2.57 bits per heavy atom. The zero-order valence-corrected chi connectivity index (χ0v) is 13.1. The van der Waals surface area contributed by atoms with Gasteiger partial charge in [-0.1, -0.05) is 18.2 Å². The van der Waals surface area contributed by atoms with Crippen molar-refractivity contribution in [1.82, 2.24) is 0 Å². The van der Waals surface area contributed by atoms with Gasteiger partial charge in [-0.25, -0.2) is 0 Å². The Hall–Kier alpha value is -2.53. The summed E-state index contributed by atoms with van der Waals surface area (Å²) in [7, 11) is 1.60. The molecule has 1 saturated heterocycles. The van der Waals surface area contributed by atoms with Crippen molar-refractivity contribution in [3.05, 3.63) is 54.1 Å². The molecule has 1 heterocycles. The molecule has 120 valence electrons. The van der Waals surface area contributed by atoms with Crippen LogP contribution in [0.25, 0.3) is 0 Å². The third-order valence-electron chi connectivity index (χ3n) is 3.84. The van der Waals surface area contributed by atoms with Crippen LogP contribution >= 0.6 is 0 Å². The van der Waals surface area contributed by atoms with Crippen molar-refractivity contribution in [2.45, 2.75) is 0 Å². The Kier molecular flexibility index (Phi) is 4.78. The number of rotatable bonds is 4. The summed E-state index contributed by atoms with van der Waals surface area (Å²) in [6, 6.07) is 15.0. The van der Waals surface area contributed by atoms with Crippen LogP contribution in [0.1, 0.15) is 10.4 Å². The smallest absolute Gasteiger partial charge is 0.255 e. The van der Waals surface area contributed by atoms with Gasteiger partial charge in [0.25, 0.3) is 5.91 Å². The first kappa shape index (κ1) is 15.4. The molecule has 0 atom stereocenters. The van der Waals surface area contributed by atoms with Crippen molar-refractivity contribution in [3.63, 3.8) is 0 Å². The van der Waals surface area contributed by atoms with E-state index in [4.69, 9.17) is 9.47 Å². The lowest BCUT2D eigenvalue weighted by Crippen LogP contribution is -2.36. The summed E-state index contributed by atoms with van der Waals surface area (Å²) in [6.45, 7) is 3.13. The molecular formula is C18H20N2O3. The van der Waals surface area contributed by atoms with Crippen LogP contribution in [0.2, 0.25) is 0 Å². The van der Waals surface area contributed by atoms with Crippen molar-refractivity contribution in [1.29, 1.82) is 0 Å². The minimum atomic E-state index is -0.150. The fourth-order valence-electron chi connectivity index (χ4n) is 2.60. The normalized spacial score (nSPS) is 14.4. The van der Waals surface area contributed by atoms with E-state index in [0.717, 1.165) is 32.0 Å². The van der Waals surface area contributed by atoms with Gasteiger partial charge in [0.15, 0.2) is 0 Å². The highest BCUT2D eigenvalue weighted by Gasteiger charge is 2.15. The summed E-state index contributed by atoms with van der Waals surface area (Å²) in [4.78, 5) is 14.6. The second kappa shape index (κ2) is 7.15. The van der Waals surface area contributed by atoms with Crippen LogP contribution in [0, 0.1) is 0 Å². The van der Waals surface area contributed by atoms with Crippen LogP contribution in [-0.2, 0) is 4.74 Å². The minimum absolute atomic E-state index is 0.150. The highest BCUT2D eigenvalue weighted by Crippen LogP contribution is 2.30. The molecule has 0 saturated carbocycles. The van der Waals surface area contributed by atoms with Gasteiger partial charge in [0.1, 0.15) is 5.75 Å². The lowest BCUT2D eigenvalue weighted by molar-refractivity contribution is 0.102. The first-order valence-electron chi connectivity index (χ1n) is 7.65. The molecule has 0 radical (unpaired) electrons. The number of carbonyl (C=O) groups excluding carboxylic acids is 1. The molecule has 1 amide bonds. The molecule has 23 heavy (non-hydrogen) atoms. The number of amides is 1. The van der Waals surface area contributed by atoms with Crippen LogP contribution in [0.15, 0.2) is 48.5 Å². The van der Waals surface area contributed by atoms with Gasteiger partial charge in [0.2, 0.25) is 0 Å². The van der Waals surface area contributed by atoms with Gasteiger partial charge in [0, 0.05) is 24.3 Å². The molecule has 1 aliphatic rings. The minimum Gasteiger partial charge on any atom is -0.495 e. The Morgan fingerprint density at radius 2 is 1.87 bits per heavy atom. The zero-order chi connectivity index (χ0) is 16.1. The Labute approximate surface area is 135 Å². The number of anilines is 2. The summed E-state index contributed by atoms with van der Waals surface area (Å²) >= 11 is 0. The van der Waals surface area contributed by atoms with Crippen molar-refractivity contribution < 1.29 is 14.3 Å². The van der Waals surface area contributed by atoms with Gasteiger partial charge < -0.3 is 19.7 Å². The second-order valence-corrected chi connectivity index (χ2v) is 5.30. The van der Waals surface area contributed by atoms with Gasteiger partial charge in [-0.2, -0.15) is 0 Å². The predicted molar refractivity (Wildman–Crippen MR) is 90.4 cm³/mol. The first-order valence-corrected chi connectivity index (χ1v) is 7.65. The van der Waals surface area contributed by atoms with Gasteiger partial charge in [0.05, 0.1) is 26.0 Å². The van der Waals surface area contributed by atoms with E-state index < -0.39 is 0 Å². The van der Waals surface area contributed by atoms with Crippen LogP contribution in [0.5, 0.6) is 5.75 Å². The SMILES string of the molecule is COc1ccc(N2CCOCC2)cc1NC(=O)c1ccccc1. The standard InChI is InChI=1S/C18H20N2O3/c1-22-17-8-7-15(20-9-11-23-12-10-20)13-16(17)19-18(21)14-5-3-2-4-6-14/h2-8,13H,9-12H2,1H3,(H,19,21). The highest BCUT2D eigenvalue weighted by atomic mass is 16.5. The van der Waals surface area contributed by atoms with Crippen molar-refractivity contribution in [2.24, 2.45) is 0 Å². The molecule has 3 rings (SSSR count). The first-order chi connectivity index (χ1) is 11.3. The van der Waals surface area contributed by atoms with E-state index in [0.29, 0.717) is 17.0 Å². The van der Waals surface area contributed by atoms with E-state index in [9.17, 15) is 4.79 Å². The van der Waals surface area contributed by atoms with Gasteiger partial charge >= 0.3 is 0 Å². The van der Waals surface area contributed by atoms with E-state index >= 15 is 0 Å². The molecule has 0 bridgehead atoms. The number of benzene rings is 2. The Morgan fingerprint density at radius 1 is 1.13 bits per heavy atom. The molecule has 5 nitrogen and oxygen atoms in total. The van der Waals surface area contributed by atoms with E-state index in [1.165, 1.54) is 0 Å². The van der Waals surface area contributed by atoms with E-state index in [1.807, 2.05) is 36.4 Å². The molecule has 2 aromatic carbocycles. The topological polar surface area (TPSA) is 50.8 Å². The number of hydrogen-bond acceptors (Lipinski definition) is 4. The molecule has 0 aliphatic carbocycles. The van der Waals surface area contributed by atoms with Gasteiger partial charge in [-0.15, -0.1) is 0 Å². The fraction of sp³-hybridized carbons (Fsp3) is 0.278. The number of carbonyl (C=O) groups is 1. The molecule has 1 N–H and O–H groups in total. The molecule has 0 aromatic heterocycles. The maximum absolute atomic E-state index is 12.4. The van der Waals surface area contributed by atoms with E-state index in [-0.39, 0.29) is 5.91 Å².